The van der Waals surface area contributed by atoms with Gasteiger partial charge in [-0.15, -0.1) is 0 Å². The summed E-state index contributed by atoms with van der Waals surface area (Å²) in [5.74, 6) is 0.335. The molecule has 0 fully saturated rings. The first-order valence-electron chi connectivity index (χ1n) is 7.41. The highest BCUT2D eigenvalue weighted by Gasteiger charge is 2.27. The second kappa shape index (κ2) is 8.24. The van der Waals surface area contributed by atoms with Gasteiger partial charge in [0.2, 0.25) is 10.0 Å². The smallest absolute Gasteiger partial charge is 0.246 e. The molecule has 0 heterocycles. The molecule has 0 aliphatic carbocycles. The molecule has 1 aromatic rings. The second-order valence-corrected chi connectivity index (χ2v) is 6.93. The zero-order valence-corrected chi connectivity index (χ0v) is 13.9. The molecule has 0 unspecified atom stereocenters. The highest BCUT2D eigenvalue weighted by Crippen LogP contribution is 2.29. The van der Waals surface area contributed by atoms with E-state index in [1.807, 2.05) is 13.8 Å². The standard InChI is InChI=1S/C15H26N2O3S/c1-4-6-10-17(11-7-5-2)21(18,19)15-12-13(16)8-9-14(15)20-3/h8-9,12H,4-7,10-11,16H2,1-3H3. The minimum atomic E-state index is -3.58. The minimum Gasteiger partial charge on any atom is -0.495 e. The number of nitrogens with two attached hydrogens (primary N) is 1. The first-order valence-corrected chi connectivity index (χ1v) is 8.85. The summed E-state index contributed by atoms with van der Waals surface area (Å²) in [4.78, 5) is 0.150. The van der Waals surface area contributed by atoms with Gasteiger partial charge in [0.15, 0.2) is 0 Å². The third-order valence-corrected chi connectivity index (χ3v) is 5.25. The van der Waals surface area contributed by atoms with Crippen LogP contribution in [-0.2, 0) is 10.0 Å². The van der Waals surface area contributed by atoms with Crippen molar-refractivity contribution in [3.8, 4) is 5.75 Å². The lowest BCUT2D eigenvalue weighted by molar-refractivity contribution is 0.381. The van der Waals surface area contributed by atoms with Crippen LogP contribution >= 0.6 is 0 Å². The molecule has 0 aliphatic heterocycles. The summed E-state index contributed by atoms with van der Waals surface area (Å²) in [6.07, 6.45) is 3.58. The molecule has 0 saturated heterocycles. The quantitative estimate of drug-likeness (QED) is 0.711. The van der Waals surface area contributed by atoms with Gasteiger partial charge in [-0.3, -0.25) is 0 Å². The lowest BCUT2D eigenvalue weighted by atomic mass is 10.3. The Kier molecular flexibility index (Phi) is 6.98. The normalized spacial score (nSPS) is 11.8. The van der Waals surface area contributed by atoms with Crippen LogP contribution in [0, 0.1) is 0 Å². The molecule has 0 aliphatic rings. The number of nitrogens with zero attached hydrogens (tertiary/aromatic N) is 1. The second-order valence-electron chi connectivity index (χ2n) is 5.02. The summed E-state index contributed by atoms with van der Waals surface area (Å²) in [6.45, 7) is 5.14. The Balaban J connectivity index is 3.17. The Hall–Kier alpha value is -1.27. The summed E-state index contributed by atoms with van der Waals surface area (Å²) in [5, 5.41) is 0. The van der Waals surface area contributed by atoms with Gasteiger partial charge < -0.3 is 10.5 Å². The largest absolute Gasteiger partial charge is 0.495 e. The number of unbranched alkanes of at least 4 members (excludes halogenated alkanes) is 2. The Morgan fingerprint density at radius 2 is 1.71 bits per heavy atom. The van der Waals surface area contributed by atoms with Gasteiger partial charge in [-0.2, -0.15) is 4.31 Å². The third-order valence-electron chi connectivity index (χ3n) is 3.33. The fourth-order valence-electron chi connectivity index (χ4n) is 2.06. The minimum absolute atomic E-state index is 0.150. The van der Waals surface area contributed by atoms with Crippen LogP contribution in [0.25, 0.3) is 0 Å². The van der Waals surface area contributed by atoms with E-state index in [2.05, 4.69) is 0 Å². The van der Waals surface area contributed by atoms with E-state index in [0.717, 1.165) is 25.7 Å². The van der Waals surface area contributed by atoms with E-state index >= 15 is 0 Å². The zero-order chi connectivity index (χ0) is 15.9. The van der Waals surface area contributed by atoms with E-state index in [1.54, 1.807) is 12.1 Å². The third kappa shape index (κ3) is 4.61. The van der Waals surface area contributed by atoms with Crippen LogP contribution in [0.4, 0.5) is 5.69 Å². The van der Waals surface area contributed by atoms with Crippen molar-refractivity contribution in [3.63, 3.8) is 0 Å². The first kappa shape index (κ1) is 17.8. The predicted molar refractivity (Wildman–Crippen MR) is 86.0 cm³/mol. The molecule has 0 atom stereocenters. The Morgan fingerprint density at radius 3 is 2.19 bits per heavy atom. The van der Waals surface area contributed by atoms with Gasteiger partial charge in [-0.1, -0.05) is 26.7 Å². The van der Waals surface area contributed by atoms with Crippen LogP contribution in [0.1, 0.15) is 39.5 Å². The SMILES string of the molecule is CCCCN(CCCC)S(=O)(=O)c1cc(N)ccc1OC. The van der Waals surface area contributed by atoms with Crippen LogP contribution in [-0.4, -0.2) is 32.9 Å². The van der Waals surface area contributed by atoms with Gasteiger partial charge in [0.25, 0.3) is 0 Å². The number of sulfonamides is 1. The summed E-state index contributed by atoms with van der Waals surface area (Å²) < 4.78 is 32.5. The van der Waals surface area contributed by atoms with E-state index in [0.29, 0.717) is 24.5 Å². The van der Waals surface area contributed by atoms with Crippen LogP contribution in [0.3, 0.4) is 0 Å². The monoisotopic (exact) mass is 314 g/mol. The van der Waals surface area contributed by atoms with Gasteiger partial charge in [-0.25, -0.2) is 8.42 Å². The number of methoxy groups -OCH3 is 1. The molecule has 0 aromatic heterocycles. The maximum absolute atomic E-state index is 12.9. The lowest BCUT2D eigenvalue weighted by Crippen LogP contribution is -2.33. The summed E-state index contributed by atoms with van der Waals surface area (Å²) in [7, 11) is -2.12. The van der Waals surface area contributed by atoms with Crippen LogP contribution in [0.15, 0.2) is 23.1 Å². The van der Waals surface area contributed by atoms with E-state index in [4.69, 9.17) is 10.5 Å². The highest BCUT2D eigenvalue weighted by atomic mass is 32.2. The van der Waals surface area contributed by atoms with E-state index < -0.39 is 10.0 Å². The summed E-state index contributed by atoms with van der Waals surface area (Å²) in [5.41, 5.74) is 6.16. The van der Waals surface area contributed by atoms with Crippen molar-refractivity contribution in [1.29, 1.82) is 0 Å². The number of nitrogen functional groups attached to an aromatic ring is 1. The van der Waals surface area contributed by atoms with E-state index in [9.17, 15) is 8.42 Å². The number of rotatable bonds is 9. The maximum atomic E-state index is 12.9. The Morgan fingerprint density at radius 1 is 1.14 bits per heavy atom. The average Bonchev–Trinajstić information content (AvgIpc) is 2.47. The van der Waals surface area contributed by atoms with E-state index in [-0.39, 0.29) is 4.90 Å². The van der Waals surface area contributed by atoms with Gasteiger partial charge in [0.1, 0.15) is 10.6 Å². The van der Waals surface area contributed by atoms with Crippen LogP contribution in [0.2, 0.25) is 0 Å². The molecule has 0 spiro atoms. The Bertz CT molecular complexity index is 536. The molecule has 120 valence electrons. The van der Waals surface area contributed by atoms with Crippen molar-refractivity contribution in [3.05, 3.63) is 18.2 Å². The van der Waals surface area contributed by atoms with Crippen molar-refractivity contribution < 1.29 is 13.2 Å². The number of ether oxygens (including phenoxy) is 1. The average molecular weight is 314 g/mol. The van der Waals surface area contributed by atoms with Crippen molar-refractivity contribution in [1.82, 2.24) is 4.31 Å². The molecule has 0 saturated carbocycles. The van der Waals surface area contributed by atoms with Gasteiger partial charge in [0.05, 0.1) is 7.11 Å². The van der Waals surface area contributed by atoms with E-state index in [1.165, 1.54) is 17.5 Å². The van der Waals surface area contributed by atoms with Gasteiger partial charge in [0, 0.05) is 18.8 Å². The topological polar surface area (TPSA) is 72.6 Å². The molecule has 5 nitrogen and oxygen atoms in total. The molecular weight excluding hydrogens is 288 g/mol. The lowest BCUT2D eigenvalue weighted by Gasteiger charge is -2.23. The van der Waals surface area contributed by atoms with Gasteiger partial charge >= 0.3 is 0 Å². The molecule has 1 aromatic carbocycles. The number of anilines is 1. The molecule has 0 amide bonds. The predicted octanol–water partition coefficient (Wildman–Crippen LogP) is 2.87. The number of hydrogen-bond acceptors (Lipinski definition) is 4. The van der Waals surface area contributed by atoms with Gasteiger partial charge in [-0.05, 0) is 31.0 Å². The maximum Gasteiger partial charge on any atom is 0.246 e. The van der Waals surface area contributed by atoms with Crippen LogP contribution in [0.5, 0.6) is 5.75 Å². The Labute approximate surface area is 128 Å². The van der Waals surface area contributed by atoms with Crippen molar-refractivity contribution in [2.75, 3.05) is 25.9 Å². The highest BCUT2D eigenvalue weighted by molar-refractivity contribution is 7.89. The molecule has 1 rings (SSSR count). The molecule has 0 bridgehead atoms. The molecule has 2 N–H and O–H groups in total. The molecule has 21 heavy (non-hydrogen) atoms. The fraction of sp³-hybridized carbons (Fsp3) is 0.600. The summed E-state index contributed by atoms with van der Waals surface area (Å²) in [6, 6.07) is 4.71. The zero-order valence-electron chi connectivity index (χ0n) is 13.1. The molecular formula is C15H26N2O3S. The fourth-order valence-corrected chi connectivity index (χ4v) is 3.76. The van der Waals surface area contributed by atoms with Crippen molar-refractivity contribution in [2.45, 2.75) is 44.4 Å². The molecule has 0 radical (unpaired) electrons. The number of hydrogen-bond donors (Lipinski definition) is 1. The van der Waals surface area contributed by atoms with Crippen molar-refractivity contribution in [2.24, 2.45) is 0 Å². The van der Waals surface area contributed by atoms with Crippen LogP contribution < -0.4 is 10.5 Å². The number of benzene rings is 1. The first-order chi connectivity index (χ1) is 9.97. The van der Waals surface area contributed by atoms with Crippen molar-refractivity contribution >= 4 is 15.7 Å². The summed E-state index contributed by atoms with van der Waals surface area (Å²) >= 11 is 0. The molecule has 6 heteroatoms.